The average molecular weight is 426 g/mol. The third kappa shape index (κ3) is 7.63. The van der Waals surface area contributed by atoms with Crippen molar-refractivity contribution in [3.63, 3.8) is 0 Å². The van der Waals surface area contributed by atoms with E-state index in [0.29, 0.717) is 6.54 Å². The van der Waals surface area contributed by atoms with Gasteiger partial charge in [-0.2, -0.15) is 0 Å². The number of benzene rings is 1. The first-order valence-electron chi connectivity index (χ1n) is 6.61. The minimum atomic E-state index is -3.62. The number of nitrogens with two attached hydrogens (primary N) is 1. The van der Waals surface area contributed by atoms with E-state index in [-0.39, 0.29) is 28.9 Å². The number of hydrogen-bond acceptors (Lipinski definition) is 3. The maximum atomic E-state index is 11.1. The molecule has 0 saturated carbocycles. The van der Waals surface area contributed by atoms with Crippen LogP contribution in [0.1, 0.15) is 19.4 Å². The third-order valence-corrected chi connectivity index (χ3v) is 3.54. The third-order valence-electron chi connectivity index (χ3n) is 2.61. The van der Waals surface area contributed by atoms with E-state index in [2.05, 4.69) is 15.6 Å². The minimum Gasteiger partial charge on any atom is -0.357 e. The molecule has 1 aromatic carbocycles. The van der Waals surface area contributed by atoms with Crippen LogP contribution >= 0.6 is 24.0 Å². The summed E-state index contributed by atoms with van der Waals surface area (Å²) in [6.45, 7) is 6.28. The van der Waals surface area contributed by atoms with Crippen LogP contribution in [-0.2, 0) is 16.4 Å². The van der Waals surface area contributed by atoms with Crippen molar-refractivity contribution in [1.82, 2.24) is 10.6 Å². The summed E-state index contributed by atoms with van der Waals surface area (Å²) in [6.07, 6.45) is 0.741. The maximum Gasteiger partial charge on any atom is 0.238 e. The van der Waals surface area contributed by atoms with Gasteiger partial charge in [-0.1, -0.05) is 12.1 Å². The zero-order chi connectivity index (χ0) is 15.0. The van der Waals surface area contributed by atoms with Gasteiger partial charge in [0.1, 0.15) is 0 Å². The van der Waals surface area contributed by atoms with Crippen molar-refractivity contribution < 1.29 is 8.42 Å². The normalized spacial score (nSPS) is 10.4. The fourth-order valence-corrected chi connectivity index (χ4v) is 2.17. The average Bonchev–Trinajstić information content (AvgIpc) is 2.39. The van der Waals surface area contributed by atoms with Crippen LogP contribution in [0.2, 0.25) is 0 Å². The summed E-state index contributed by atoms with van der Waals surface area (Å²) in [5, 5.41) is 11.3. The Morgan fingerprint density at radius 3 is 2.10 bits per heavy atom. The van der Waals surface area contributed by atoms with Crippen LogP contribution in [0, 0.1) is 0 Å². The molecule has 0 bridgehead atoms. The van der Waals surface area contributed by atoms with Gasteiger partial charge in [0, 0.05) is 19.6 Å². The number of nitrogens with one attached hydrogen (secondary N) is 2. The Bertz CT molecular complexity index is 536. The fourth-order valence-electron chi connectivity index (χ4n) is 1.65. The van der Waals surface area contributed by atoms with Crippen molar-refractivity contribution in [1.29, 1.82) is 0 Å². The first-order chi connectivity index (χ1) is 9.47. The zero-order valence-electron chi connectivity index (χ0n) is 12.3. The Kier molecular flexibility index (Phi) is 9.54. The molecule has 0 atom stereocenters. The van der Waals surface area contributed by atoms with Crippen molar-refractivity contribution in [2.45, 2.75) is 25.2 Å². The van der Waals surface area contributed by atoms with Crippen molar-refractivity contribution in [3.8, 4) is 0 Å². The van der Waals surface area contributed by atoms with Crippen molar-refractivity contribution in [3.05, 3.63) is 29.8 Å². The molecule has 1 rings (SSSR count). The number of primary sulfonamides is 1. The monoisotopic (exact) mass is 426 g/mol. The van der Waals surface area contributed by atoms with Gasteiger partial charge in [0.25, 0.3) is 0 Å². The number of guanidine groups is 1. The van der Waals surface area contributed by atoms with Crippen LogP contribution in [-0.4, -0.2) is 34.0 Å². The Labute approximate surface area is 143 Å². The van der Waals surface area contributed by atoms with E-state index in [1.807, 2.05) is 13.8 Å². The van der Waals surface area contributed by atoms with E-state index in [0.717, 1.165) is 31.0 Å². The van der Waals surface area contributed by atoms with E-state index in [1.54, 1.807) is 12.1 Å². The molecule has 1 aromatic rings. The van der Waals surface area contributed by atoms with E-state index in [9.17, 15) is 8.42 Å². The standard InChI is InChI=1S/C13H22N4O2S.HI/c1-3-15-13(16-4-2)17-10-9-11-5-7-12(8-6-11)20(14,18)19;/h5-8H,3-4,9-10H2,1-2H3,(H2,14,18,19)(H2,15,16,17);1H. The van der Waals surface area contributed by atoms with Crippen molar-refractivity contribution in [2.75, 3.05) is 19.6 Å². The van der Waals surface area contributed by atoms with E-state index in [4.69, 9.17) is 5.14 Å². The number of nitrogens with zero attached hydrogens (tertiary/aromatic N) is 1. The van der Waals surface area contributed by atoms with Gasteiger partial charge in [-0.15, -0.1) is 24.0 Å². The summed E-state index contributed by atoms with van der Waals surface area (Å²) in [4.78, 5) is 4.55. The van der Waals surface area contributed by atoms with Crippen LogP contribution < -0.4 is 15.8 Å². The smallest absolute Gasteiger partial charge is 0.238 e. The highest BCUT2D eigenvalue weighted by Gasteiger charge is 2.06. The molecule has 0 unspecified atom stereocenters. The molecular formula is C13H23IN4O2S. The molecule has 6 nitrogen and oxygen atoms in total. The Morgan fingerprint density at radius 2 is 1.67 bits per heavy atom. The van der Waals surface area contributed by atoms with Gasteiger partial charge < -0.3 is 10.6 Å². The van der Waals surface area contributed by atoms with Gasteiger partial charge in [0.15, 0.2) is 5.96 Å². The number of halogens is 1. The lowest BCUT2D eigenvalue weighted by molar-refractivity contribution is 0.598. The zero-order valence-corrected chi connectivity index (χ0v) is 15.4. The lowest BCUT2D eigenvalue weighted by atomic mass is 10.1. The second-order valence-electron chi connectivity index (χ2n) is 4.23. The Hall–Kier alpha value is -0.870. The molecule has 0 spiro atoms. The van der Waals surface area contributed by atoms with E-state index in [1.165, 1.54) is 12.1 Å². The van der Waals surface area contributed by atoms with E-state index >= 15 is 0 Å². The minimum absolute atomic E-state index is 0. The maximum absolute atomic E-state index is 11.1. The van der Waals surface area contributed by atoms with Gasteiger partial charge in [0.2, 0.25) is 10.0 Å². The van der Waals surface area contributed by atoms with Crippen LogP contribution in [0.5, 0.6) is 0 Å². The SMILES string of the molecule is CCNC(=NCCc1ccc(S(N)(=O)=O)cc1)NCC.I. The molecule has 0 saturated heterocycles. The first-order valence-corrected chi connectivity index (χ1v) is 8.16. The van der Waals surface area contributed by atoms with Crippen LogP contribution in [0.15, 0.2) is 34.2 Å². The molecule has 0 heterocycles. The van der Waals surface area contributed by atoms with Gasteiger partial charge >= 0.3 is 0 Å². The van der Waals surface area contributed by atoms with Crippen LogP contribution in [0.3, 0.4) is 0 Å². The largest absolute Gasteiger partial charge is 0.357 e. The topological polar surface area (TPSA) is 96.6 Å². The lowest BCUT2D eigenvalue weighted by Crippen LogP contribution is -2.37. The molecule has 21 heavy (non-hydrogen) atoms. The molecule has 0 amide bonds. The summed E-state index contributed by atoms with van der Waals surface area (Å²) >= 11 is 0. The highest BCUT2D eigenvalue weighted by molar-refractivity contribution is 14.0. The lowest BCUT2D eigenvalue weighted by Gasteiger charge is -2.09. The highest BCUT2D eigenvalue weighted by Crippen LogP contribution is 2.09. The predicted octanol–water partition coefficient (Wildman–Crippen LogP) is 1.07. The molecule has 0 radical (unpaired) electrons. The highest BCUT2D eigenvalue weighted by atomic mass is 127. The molecule has 0 aliphatic heterocycles. The molecule has 0 fully saturated rings. The molecule has 0 aliphatic rings. The summed E-state index contributed by atoms with van der Waals surface area (Å²) in [5.41, 5.74) is 1.02. The molecule has 8 heteroatoms. The molecule has 0 aliphatic carbocycles. The van der Waals surface area contributed by atoms with Gasteiger partial charge in [0.05, 0.1) is 4.90 Å². The van der Waals surface area contributed by atoms with Crippen molar-refractivity contribution in [2.24, 2.45) is 10.1 Å². The molecule has 120 valence electrons. The number of sulfonamides is 1. The van der Waals surface area contributed by atoms with Crippen LogP contribution in [0.4, 0.5) is 0 Å². The summed E-state index contributed by atoms with van der Waals surface area (Å²) in [5.74, 6) is 0.788. The predicted molar refractivity (Wildman–Crippen MR) is 96.6 cm³/mol. The van der Waals surface area contributed by atoms with Crippen molar-refractivity contribution >= 4 is 40.0 Å². The quantitative estimate of drug-likeness (QED) is 0.360. The second-order valence-corrected chi connectivity index (χ2v) is 5.79. The summed E-state index contributed by atoms with van der Waals surface area (Å²) in [7, 11) is -3.62. The Morgan fingerprint density at radius 1 is 1.14 bits per heavy atom. The second kappa shape index (κ2) is 9.96. The molecule has 4 N–H and O–H groups in total. The van der Waals surface area contributed by atoms with Gasteiger partial charge in [-0.3, -0.25) is 4.99 Å². The van der Waals surface area contributed by atoms with Gasteiger partial charge in [-0.05, 0) is 38.0 Å². The first kappa shape index (κ1) is 20.1. The number of aliphatic imine (C=N–C) groups is 1. The summed E-state index contributed by atoms with van der Waals surface area (Å²) in [6, 6.07) is 6.55. The van der Waals surface area contributed by atoms with Gasteiger partial charge in [-0.25, -0.2) is 13.6 Å². The molecular weight excluding hydrogens is 403 g/mol. The fraction of sp³-hybridized carbons (Fsp3) is 0.462. The van der Waals surface area contributed by atoms with E-state index < -0.39 is 10.0 Å². The number of hydrogen-bond donors (Lipinski definition) is 3. The summed E-state index contributed by atoms with van der Waals surface area (Å²) < 4.78 is 22.3. The number of rotatable bonds is 6. The Balaban J connectivity index is 0.00000400. The molecule has 0 aromatic heterocycles. The van der Waals surface area contributed by atoms with Crippen LogP contribution in [0.25, 0.3) is 0 Å².